The van der Waals surface area contributed by atoms with Crippen LogP contribution >= 0.6 is 0 Å². The Morgan fingerprint density at radius 3 is 2.34 bits per heavy atom. The molecule has 0 aromatic rings. The first-order valence-corrected chi connectivity index (χ1v) is 10.3. The van der Waals surface area contributed by atoms with Gasteiger partial charge in [0.25, 0.3) is 0 Å². The number of nitrogens with zero attached hydrogens (tertiary/aromatic N) is 2. The lowest BCUT2D eigenvalue weighted by molar-refractivity contribution is -0.192. The van der Waals surface area contributed by atoms with Gasteiger partial charge in [-0.15, -0.1) is 0 Å². The van der Waals surface area contributed by atoms with Gasteiger partial charge in [-0.05, 0) is 38.5 Å². The summed E-state index contributed by atoms with van der Waals surface area (Å²) in [5.74, 6) is -2.39. The molecule has 4 saturated heterocycles. The van der Waals surface area contributed by atoms with Crippen molar-refractivity contribution in [1.29, 1.82) is 0 Å². The van der Waals surface area contributed by atoms with Crippen LogP contribution in [0.15, 0.2) is 0 Å². The SMILES string of the molecule is O=C(O)C(F)(F)F.O=C1CCCN1[C@H]1CCO[C@]2(CCN(C3CCOCC3)C2)C1. The van der Waals surface area contributed by atoms with E-state index in [4.69, 9.17) is 19.4 Å². The number of ether oxygens (including phenoxy) is 2. The maximum absolute atomic E-state index is 12.0. The molecule has 1 spiro atoms. The van der Waals surface area contributed by atoms with E-state index in [1.54, 1.807) is 0 Å². The van der Waals surface area contributed by atoms with Crippen LogP contribution in [0, 0.1) is 0 Å². The first-order chi connectivity index (χ1) is 13.7. The van der Waals surface area contributed by atoms with Crippen LogP contribution in [0.25, 0.3) is 0 Å². The Morgan fingerprint density at radius 1 is 1.10 bits per heavy atom. The Hall–Kier alpha value is -1.39. The Balaban J connectivity index is 0.000000298. The lowest BCUT2D eigenvalue weighted by atomic mass is 9.88. The van der Waals surface area contributed by atoms with Crippen LogP contribution < -0.4 is 0 Å². The van der Waals surface area contributed by atoms with Gasteiger partial charge in [0.2, 0.25) is 5.91 Å². The molecule has 166 valence electrons. The zero-order chi connectivity index (χ0) is 21.1. The molecule has 0 saturated carbocycles. The number of carboxylic acids is 1. The molecule has 0 aromatic heterocycles. The van der Waals surface area contributed by atoms with Crippen LogP contribution in [0.4, 0.5) is 13.2 Å². The second-order valence-electron chi connectivity index (χ2n) is 8.24. The molecule has 0 aromatic carbocycles. The molecule has 7 nitrogen and oxygen atoms in total. The van der Waals surface area contributed by atoms with E-state index in [1.165, 1.54) is 0 Å². The molecule has 0 aliphatic carbocycles. The van der Waals surface area contributed by atoms with Crippen LogP contribution in [0.1, 0.15) is 44.9 Å². The highest BCUT2D eigenvalue weighted by molar-refractivity contribution is 5.78. The van der Waals surface area contributed by atoms with Crippen LogP contribution in [-0.2, 0) is 19.1 Å². The molecule has 4 aliphatic rings. The number of amides is 1. The summed E-state index contributed by atoms with van der Waals surface area (Å²) in [5, 5.41) is 7.12. The summed E-state index contributed by atoms with van der Waals surface area (Å²) in [6.07, 6.45) is 2.20. The van der Waals surface area contributed by atoms with Gasteiger partial charge in [0.15, 0.2) is 0 Å². The van der Waals surface area contributed by atoms with Crippen LogP contribution in [0.3, 0.4) is 0 Å². The zero-order valence-electron chi connectivity index (χ0n) is 16.5. The molecular formula is C19H29F3N2O5. The number of hydrogen-bond donors (Lipinski definition) is 1. The minimum atomic E-state index is -5.08. The van der Waals surface area contributed by atoms with Gasteiger partial charge in [0.05, 0.1) is 5.60 Å². The molecule has 4 fully saturated rings. The largest absolute Gasteiger partial charge is 0.490 e. The van der Waals surface area contributed by atoms with Crippen molar-refractivity contribution < 1.29 is 37.3 Å². The molecule has 4 rings (SSSR count). The third-order valence-electron chi connectivity index (χ3n) is 6.31. The average molecular weight is 422 g/mol. The smallest absolute Gasteiger partial charge is 0.475 e. The Kier molecular flexibility index (Phi) is 7.06. The number of aliphatic carboxylic acids is 1. The fourth-order valence-corrected chi connectivity index (χ4v) is 4.85. The monoisotopic (exact) mass is 422 g/mol. The number of alkyl halides is 3. The molecule has 29 heavy (non-hydrogen) atoms. The molecule has 10 heteroatoms. The van der Waals surface area contributed by atoms with Gasteiger partial charge in [0.1, 0.15) is 0 Å². The van der Waals surface area contributed by atoms with Gasteiger partial charge in [-0.25, -0.2) is 4.79 Å². The third-order valence-corrected chi connectivity index (χ3v) is 6.31. The number of rotatable bonds is 2. The molecule has 1 amide bonds. The summed E-state index contributed by atoms with van der Waals surface area (Å²) in [4.78, 5) is 25.7. The van der Waals surface area contributed by atoms with Crippen molar-refractivity contribution in [3.63, 3.8) is 0 Å². The van der Waals surface area contributed by atoms with Gasteiger partial charge < -0.3 is 19.5 Å². The second kappa shape index (κ2) is 9.18. The number of carboxylic acid groups (broad SMARTS) is 1. The third kappa shape index (κ3) is 5.61. The van der Waals surface area contributed by atoms with E-state index >= 15 is 0 Å². The highest BCUT2D eigenvalue weighted by atomic mass is 19.4. The van der Waals surface area contributed by atoms with Crippen molar-refractivity contribution in [2.75, 3.05) is 39.5 Å². The topological polar surface area (TPSA) is 79.3 Å². The van der Waals surface area contributed by atoms with Gasteiger partial charge in [0, 0.05) is 58.0 Å². The minimum Gasteiger partial charge on any atom is -0.475 e. The normalized spacial score (nSPS) is 31.8. The first kappa shape index (κ1) is 22.3. The number of carbonyl (C=O) groups is 2. The predicted molar refractivity (Wildman–Crippen MR) is 96.4 cm³/mol. The summed E-state index contributed by atoms with van der Waals surface area (Å²) in [5.41, 5.74) is 0.00406. The fourth-order valence-electron chi connectivity index (χ4n) is 4.85. The van der Waals surface area contributed by atoms with Crippen molar-refractivity contribution in [2.24, 2.45) is 0 Å². The van der Waals surface area contributed by atoms with E-state index in [1.807, 2.05) is 0 Å². The van der Waals surface area contributed by atoms with E-state index in [0.29, 0.717) is 18.0 Å². The van der Waals surface area contributed by atoms with Crippen LogP contribution in [0.2, 0.25) is 0 Å². The van der Waals surface area contributed by atoms with Crippen LogP contribution in [0.5, 0.6) is 0 Å². The van der Waals surface area contributed by atoms with Crippen molar-refractivity contribution in [3.8, 4) is 0 Å². The molecule has 1 N–H and O–H groups in total. The number of hydrogen-bond acceptors (Lipinski definition) is 5. The van der Waals surface area contributed by atoms with Crippen LogP contribution in [-0.4, -0.2) is 90.1 Å². The fraction of sp³-hybridized carbons (Fsp3) is 0.895. The highest BCUT2D eigenvalue weighted by Crippen LogP contribution is 2.38. The molecule has 0 unspecified atom stereocenters. The number of halogens is 3. The molecule has 0 radical (unpaired) electrons. The summed E-state index contributed by atoms with van der Waals surface area (Å²) in [6.45, 7) is 5.78. The number of likely N-dealkylation sites (tertiary alicyclic amines) is 2. The van der Waals surface area contributed by atoms with Crippen molar-refractivity contribution >= 4 is 11.9 Å². The van der Waals surface area contributed by atoms with E-state index in [-0.39, 0.29) is 5.60 Å². The summed E-state index contributed by atoms with van der Waals surface area (Å²) in [6, 6.07) is 1.09. The predicted octanol–water partition coefficient (Wildman–Crippen LogP) is 2.04. The van der Waals surface area contributed by atoms with Gasteiger partial charge in [-0.2, -0.15) is 13.2 Å². The molecule has 0 bridgehead atoms. The van der Waals surface area contributed by atoms with Crippen molar-refractivity contribution in [3.05, 3.63) is 0 Å². The quantitative estimate of drug-likeness (QED) is 0.734. The van der Waals surface area contributed by atoms with Gasteiger partial charge in [-0.3, -0.25) is 9.69 Å². The second-order valence-corrected chi connectivity index (χ2v) is 8.24. The maximum atomic E-state index is 12.0. The average Bonchev–Trinajstić information content (AvgIpc) is 3.29. The molecule has 4 aliphatic heterocycles. The Morgan fingerprint density at radius 2 is 1.76 bits per heavy atom. The van der Waals surface area contributed by atoms with Crippen molar-refractivity contribution in [2.45, 2.75) is 68.8 Å². The van der Waals surface area contributed by atoms with Crippen molar-refractivity contribution in [1.82, 2.24) is 9.80 Å². The highest BCUT2D eigenvalue weighted by Gasteiger charge is 2.47. The van der Waals surface area contributed by atoms with E-state index in [2.05, 4.69) is 9.80 Å². The molecule has 4 heterocycles. The van der Waals surface area contributed by atoms with E-state index < -0.39 is 12.1 Å². The lowest BCUT2D eigenvalue weighted by Crippen LogP contribution is -2.51. The lowest BCUT2D eigenvalue weighted by Gasteiger charge is -2.42. The Labute approximate surface area is 168 Å². The number of carbonyl (C=O) groups excluding carboxylic acids is 1. The first-order valence-electron chi connectivity index (χ1n) is 10.3. The maximum Gasteiger partial charge on any atom is 0.490 e. The standard InChI is InChI=1S/C17H28N2O3.C2HF3O2/c20-16-2-1-7-19(16)15-5-11-22-17(12-15)6-8-18(13-17)14-3-9-21-10-4-14;3-2(4,5)1(6)7/h14-15H,1-13H2;(H,6,7)/t15-,17+;/m0./s1. The summed E-state index contributed by atoms with van der Waals surface area (Å²) in [7, 11) is 0. The van der Waals surface area contributed by atoms with E-state index in [0.717, 1.165) is 84.4 Å². The molecular weight excluding hydrogens is 393 g/mol. The van der Waals surface area contributed by atoms with Gasteiger partial charge in [-0.1, -0.05) is 0 Å². The van der Waals surface area contributed by atoms with E-state index in [9.17, 15) is 18.0 Å². The van der Waals surface area contributed by atoms with Gasteiger partial charge >= 0.3 is 12.1 Å². The summed E-state index contributed by atoms with van der Waals surface area (Å²) < 4.78 is 43.5. The molecule has 2 atom stereocenters. The Bertz CT molecular complexity index is 597. The zero-order valence-corrected chi connectivity index (χ0v) is 16.5. The minimum absolute atomic E-state index is 0.00406. The summed E-state index contributed by atoms with van der Waals surface area (Å²) >= 11 is 0.